The van der Waals surface area contributed by atoms with Crippen LogP contribution >= 0.6 is 0 Å². The van der Waals surface area contributed by atoms with Crippen molar-refractivity contribution in [2.24, 2.45) is 0 Å². The third-order valence-electron chi connectivity index (χ3n) is 2.73. The summed E-state index contributed by atoms with van der Waals surface area (Å²) in [4.78, 5) is 33.4. The minimum Gasteiger partial charge on any atom is -0.396 e. The summed E-state index contributed by atoms with van der Waals surface area (Å²) in [5.41, 5.74) is 3.51. The van der Waals surface area contributed by atoms with Crippen molar-refractivity contribution in [1.29, 1.82) is 0 Å². The molecule has 5 N–H and O–H groups in total. The fourth-order valence-electron chi connectivity index (χ4n) is 1.81. The molecule has 0 aliphatic heterocycles. The van der Waals surface area contributed by atoms with Gasteiger partial charge in [-0.15, -0.1) is 0 Å². The number of nitrogen functional groups attached to an aromatic ring is 1. The summed E-state index contributed by atoms with van der Waals surface area (Å²) >= 11 is 0. The van der Waals surface area contributed by atoms with E-state index < -0.39 is 22.9 Å². The van der Waals surface area contributed by atoms with Crippen molar-refractivity contribution in [1.82, 2.24) is 19.9 Å². The first-order valence-corrected chi connectivity index (χ1v) is 5.43. The van der Waals surface area contributed by atoms with Gasteiger partial charge in [0.2, 0.25) is 0 Å². The number of nitrogens with two attached hydrogens (primary N) is 1. The minimum atomic E-state index is -0.895. The molecule has 2 heterocycles. The summed E-state index contributed by atoms with van der Waals surface area (Å²) in [5, 5.41) is 0. The zero-order chi connectivity index (χ0) is 14.4. The van der Waals surface area contributed by atoms with Gasteiger partial charge in [-0.1, -0.05) is 0 Å². The van der Waals surface area contributed by atoms with Crippen LogP contribution in [0.4, 0.5) is 14.5 Å². The monoisotopic (exact) mass is 279 g/mol. The van der Waals surface area contributed by atoms with Crippen molar-refractivity contribution in [3.05, 3.63) is 44.6 Å². The smallest absolute Gasteiger partial charge is 0.327 e. The fourth-order valence-corrected chi connectivity index (χ4v) is 1.81. The van der Waals surface area contributed by atoms with E-state index in [-0.39, 0.29) is 28.2 Å². The van der Waals surface area contributed by atoms with Crippen molar-refractivity contribution >= 4 is 16.9 Å². The van der Waals surface area contributed by atoms with E-state index in [0.29, 0.717) is 6.07 Å². The SMILES string of the molecule is Nc1cc(-c2nc3[nH]c(=O)[nH]c(=O)c3[nH]2)c(F)cc1F. The topological polar surface area (TPSA) is 120 Å². The number of anilines is 1. The van der Waals surface area contributed by atoms with Gasteiger partial charge in [-0.2, -0.15) is 0 Å². The summed E-state index contributed by atoms with van der Waals surface area (Å²) in [5.74, 6) is -1.83. The number of aromatic nitrogens is 4. The molecular weight excluding hydrogens is 272 g/mol. The van der Waals surface area contributed by atoms with Crippen LogP contribution in [0.2, 0.25) is 0 Å². The third kappa shape index (κ3) is 1.76. The first-order valence-electron chi connectivity index (χ1n) is 5.43. The normalized spacial score (nSPS) is 11.1. The molecule has 0 aliphatic rings. The van der Waals surface area contributed by atoms with E-state index in [1.54, 1.807) is 0 Å². The van der Waals surface area contributed by atoms with Crippen LogP contribution in [0.15, 0.2) is 21.7 Å². The highest BCUT2D eigenvalue weighted by atomic mass is 19.1. The molecule has 0 fully saturated rings. The number of benzene rings is 1. The molecule has 1 aromatic carbocycles. The Hall–Kier alpha value is -2.97. The van der Waals surface area contributed by atoms with Crippen LogP contribution in [-0.4, -0.2) is 19.9 Å². The summed E-state index contributed by atoms with van der Waals surface area (Å²) < 4.78 is 26.8. The predicted octanol–water partition coefficient (Wildman–Crippen LogP) is 0.467. The van der Waals surface area contributed by atoms with Gasteiger partial charge in [-0.3, -0.25) is 14.8 Å². The van der Waals surface area contributed by atoms with Crippen LogP contribution < -0.4 is 17.0 Å². The summed E-state index contributed by atoms with van der Waals surface area (Å²) in [6.45, 7) is 0. The maximum Gasteiger partial charge on any atom is 0.327 e. The molecule has 7 nitrogen and oxygen atoms in total. The molecule has 0 aliphatic carbocycles. The zero-order valence-corrected chi connectivity index (χ0v) is 9.75. The molecular formula is C11H7F2N5O2. The highest BCUT2D eigenvalue weighted by Gasteiger charge is 2.15. The number of rotatable bonds is 1. The summed E-state index contributed by atoms with van der Waals surface area (Å²) in [6.07, 6.45) is 0. The summed E-state index contributed by atoms with van der Waals surface area (Å²) in [6, 6.07) is 1.67. The van der Waals surface area contributed by atoms with Gasteiger partial charge in [0, 0.05) is 6.07 Å². The highest BCUT2D eigenvalue weighted by Crippen LogP contribution is 2.25. The van der Waals surface area contributed by atoms with Gasteiger partial charge >= 0.3 is 5.69 Å². The van der Waals surface area contributed by atoms with E-state index in [0.717, 1.165) is 6.07 Å². The van der Waals surface area contributed by atoms with E-state index in [1.807, 2.05) is 4.98 Å². The van der Waals surface area contributed by atoms with Crippen LogP contribution in [-0.2, 0) is 0 Å². The van der Waals surface area contributed by atoms with Gasteiger partial charge in [-0.25, -0.2) is 18.6 Å². The van der Waals surface area contributed by atoms with E-state index >= 15 is 0 Å². The van der Waals surface area contributed by atoms with Gasteiger partial charge in [0.15, 0.2) is 5.65 Å². The number of nitrogens with zero attached hydrogens (tertiary/aromatic N) is 1. The minimum absolute atomic E-state index is 0.0260. The zero-order valence-electron chi connectivity index (χ0n) is 9.75. The second-order valence-corrected chi connectivity index (χ2v) is 4.07. The molecule has 0 unspecified atom stereocenters. The Morgan fingerprint density at radius 3 is 2.55 bits per heavy atom. The molecule has 9 heteroatoms. The van der Waals surface area contributed by atoms with E-state index in [9.17, 15) is 18.4 Å². The van der Waals surface area contributed by atoms with E-state index in [1.165, 1.54) is 0 Å². The maximum absolute atomic E-state index is 13.7. The molecule has 3 rings (SSSR count). The van der Waals surface area contributed by atoms with Gasteiger partial charge in [-0.05, 0) is 6.07 Å². The van der Waals surface area contributed by atoms with Crippen molar-refractivity contribution in [3.8, 4) is 11.4 Å². The number of H-pyrrole nitrogens is 3. The number of imidazole rings is 1. The fraction of sp³-hybridized carbons (Fsp3) is 0. The van der Waals surface area contributed by atoms with Crippen LogP contribution in [0.1, 0.15) is 0 Å². The molecule has 0 amide bonds. The second kappa shape index (κ2) is 4.02. The quantitative estimate of drug-likeness (QED) is 0.484. The van der Waals surface area contributed by atoms with E-state index in [4.69, 9.17) is 5.73 Å². The van der Waals surface area contributed by atoms with Gasteiger partial charge in [0.25, 0.3) is 5.56 Å². The number of aromatic amines is 3. The van der Waals surface area contributed by atoms with Crippen LogP contribution in [0.3, 0.4) is 0 Å². The molecule has 0 radical (unpaired) electrons. The standard InChI is InChI=1S/C11H7F2N5O2/c12-4-2-5(13)6(14)1-3(4)8-15-7-9(16-8)17-11(20)18-10(7)19/h1-2H,14H2,(H3,15,16,17,18,19,20). The molecule has 0 saturated carbocycles. The second-order valence-electron chi connectivity index (χ2n) is 4.07. The van der Waals surface area contributed by atoms with Crippen LogP contribution in [0.25, 0.3) is 22.6 Å². The third-order valence-corrected chi connectivity index (χ3v) is 2.73. The Bertz CT molecular complexity index is 940. The van der Waals surface area contributed by atoms with Gasteiger partial charge in [0.1, 0.15) is 23.0 Å². The van der Waals surface area contributed by atoms with E-state index in [2.05, 4.69) is 15.0 Å². The number of fused-ring (bicyclic) bond motifs is 1. The molecule has 20 heavy (non-hydrogen) atoms. The lowest BCUT2D eigenvalue weighted by Crippen LogP contribution is -2.21. The highest BCUT2D eigenvalue weighted by molar-refractivity contribution is 5.75. The number of hydrogen-bond donors (Lipinski definition) is 4. The molecule has 2 aromatic heterocycles. The molecule has 3 aromatic rings. The molecule has 102 valence electrons. The van der Waals surface area contributed by atoms with Gasteiger partial charge in [0.05, 0.1) is 11.3 Å². The molecule has 0 spiro atoms. The van der Waals surface area contributed by atoms with Crippen LogP contribution in [0.5, 0.6) is 0 Å². The predicted molar refractivity (Wildman–Crippen MR) is 67.1 cm³/mol. The number of hydrogen-bond acceptors (Lipinski definition) is 4. The Morgan fingerprint density at radius 1 is 1.05 bits per heavy atom. The first-order chi connectivity index (χ1) is 9.45. The molecule has 0 saturated heterocycles. The van der Waals surface area contributed by atoms with Crippen LogP contribution in [0, 0.1) is 11.6 Å². The maximum atomic E-state index is 13.7. The number of nitrogens with one attached hydrogen (secondary N) is 3. The Kier molecular flexibility index (Phi) is 2.43. The van der Waals surface area contributed by atoms with Crippen molar-refractivity contribution < 1.29 is 8.78 Å². The average Bonchev–Trinajstić information content (AvgIpc) is 2.77. The van der Waals surface area contributed by atoms with Crippen molar-refractivity contribution in [2.45, 2.75) is 0 Å². The first kappa shape index (κ1) is 12.1. The lowest BCUT2D eigenvalue weighted by Gasteiger charge is -2.02. The average molecular weight is 279 g/mol. The largest absolute Gasteiger partial charge is 0.396 e. The Balaban J connectivity index is 2.31. The number of halogens is 2. The van der Waals surface area contributed by atoms with Crippen molar-refractivity contribution in [3.63, 3.8) is 0 Å². The Labute approximate surface area is 108 Å². The Morgan fingerprint density at radius 2 is 1.80 bits per heavy atom. The molecule has 0 bridgehead atoms. The lowest BCUT2D eigenvalue weighted by molar-refractivity contribution is 0.588. The molecule has 0 atom stereocenters. The van der Waals surface area contributed by atoms with Gasteiger partial charge < -0.3 is 10.7 Å². The lowest BCUT2D eigenvalue weighted by atomic mass is 10.1. The van der Waals surface area contributed by atoms with Crippen molar-refractivity contribution in [2.75, 3.05) is 5.73 Å². The summed E-state index contributed by atoms with van der Waals surface area (Å²) in [7, 11) is 0.